The molecule has 11 heteroatoms. The van der Waals surface area contributed by atoms with Crippen LogP contribution in [-0.2, 0) is 30.5 Å². The lowest BCUT2D eigenvalue weighted by Crippen LogP contribution is -2.58. The van der Waals surface area contributed by atoms with Gasteiger partial charge in [0.15, 0.2) is 0 Å². The molecule has 200 valence electrons. The smallest absolute Gasteiger partial charge is 0.312 e. The molecule has 1 spiro atoms. The number of hydrogen-bond acceptors (Lipinski definition) is 8. The van der Waals surface area contributed by atoms with Crippen molar-refractivity contribution < 1.29 is 29.0 Å². The molecule has 2 aromatic rings. The van der Waals surface area contributed by atoms with Crippen LogP contribution in [-0.4, -0.2) is 79.3 Å². The number of rotatable bonds is 9. The topological polar surface area (TPSA) is 136 Å². The highest BCUT2D eigenvalue weighted by atomic mass is 16.6. The van der Waals surface area contributed by atoms with Crippen LogP contribution in [0.15, 0.2) is 24.3 Å². The summed E-state index contributed by atoms with van der Waals surface area (Å²) in [4.78, 5) is 42.6. The van der Waals surface area contributed by atoms with Crippen molar-refractivity contribution in [3.05, 3.63) is 24.3 Å². The summed E-state index contributed by atoms with van der Waals surface area (Å²) in [6, 6.07) is 5.83. The lowest BCUT2D eigenvalue weighted by atomic mass is 9.66. The fourth-order valence-electron chi connectivity index (χ4n) is 6.75. The Kier molecular flexibility index (Phi) is 6.47. The number of likely N-dealkylation sites (tertiary alicyclic amines) is 1. The molecule has 11 nitrogen and oxygen atoms in total. The van der Waals surface area contributed by atoms with Gasteiger partial charge in [-0.15, -0.1) is 5.10 Å². The minimum absolute atomic E-state index is 0.0468. The lowest BCUT2D eigenvalue weighted by molar-refractivity contribution is -0.160. The van der Waals surface area contributed by atoms with Crippen LogP contribution in [0.2, 0.25) is 0 Å². The van der Waals surface area contributed by atoms with Gasteiger partial charge in [-0.2, -0.15) is 0 Å². The Bertz CT molecular complexity index is 1220. The van der Waals surface area contributed by atoms with E-state index in [1.165, 1.54) is 4.90 Å². The largest absolute Gasteiger partial charge is 0.466 e. The molecule has 2 N–H and O–H groups in total. The lowest BCUT2D eigenvalue weighted by Gasteiger charge is -2.37. The molecule has 5 rings (SSSR count). The molecule has 2 bridgehead atoms. The third-order valence-corrected chi connectivity index (χ3v) is 8.17. The number of ether oxygens (including phenoxy) is 2. The monoisotopic (exact) mass is 513 g/mol. The minimum Gasteiger partial charge on any atom is -0.466 e. The molecule has 2 amide bonds. The van der Waals surface area contributed by atoms with Crippen LogP contribution in [0.4, 0.5) is 0 Å². The molecule has 0 saturated carbocycles. The van der Waals surface area contributed by atoms with E-state index in [0.29, 0.717) is 24.8 Å². The van der Waals surface area contributed by atoms with E-state index in [1.54, 1.807) is 11.6 Å². The van der Waals surface area contributed by atoms with Crippen LogP contribution in [0.25, 0.3) is 11.0 Å². The summed E-state index contributed by atoms with van der Waals surface area (Å²) < 4.78 is 13.5. The van der Waals surface area contributed by atoms with Gasteiger partial charge in [-0.3, -0.25) is 14.4 Å². The van der Waals surface area contributed by atoms with Crippen LogP contribution < -0.4 is 5.32 Å². The number of hydrogen-bond donors (Lipinski definition) is 2. The first-order valence-electron chi connectivity index (χ1n) is 13.0. The SMILES string of the molecule is CCOC(=O)[C@H]1[C@H]2C(=O)N([C@@H](CO)CC(C)C)C(C(=O)NCn3nnc4ccccc43)C23CC[C@]1(C)O3. The summed E-state index contributed by atoms with van der Waals surface area (Å²) >= 11 is 0. The first kappa shape index (κ1) is 25.6. The molecule has 6 atom stereocenters. The van der Waals surface area contributed by atoms with Crippen molar-refractivity contribution >= 4 is 28.8 Å². The second-order valence-electron chi connectivity index (χ2n) is 11.0. The van der Waals surface area contributed by atoms with Gasteiger partial charge in [0.1, 0.15) is 29.7 Å². The van der Waals surface area contributed by atoms with Gasteiger partial charge in [0.2, 0.25) is 11.8 Å². The fourth-order valence-corrected chi connectivity index (χ4v) is 6.75. The summed E-state index contributed by atoms with van der Waals surface area (Å²) in [6.45, 7) is 7.48. The first-order valence-corrected chi connectivity index (χ1v) is 13.0. The second kappa shape index (κ2) is 9.36. The van der Waals surface area contributed by atoms with Gasteiger partial charge in [0.05, 0.1) is 36.3 Å². The highest BCUT2D eigenvalue weighted by Crippen LogP contribution is 2.63. The normalized spacial score (nSPS) is 31.2. The van der Waals surface area contributed by atoms with Gasteiger partial charge in [0.25, 0.3) is 0 Å². The molecule has 0 aliphatic carbocycles. The highest BCUT2D eigenvalue weighted by Gasteiger charge is 2.78. The van der Waals surface area contributed by atoms with E-state index in [9.17, 15) is 19.5 Å². The van der Waals surface area contributed by atoms with E-state index in [1.807, 2.05) is 45.0 Å². The van der Waals surface area contributed by atoms with Gasteiger partial charge in [-0.05, 0) is 51.2 Å². The third-order valence-electron chi connectivity index (χ3n) is 8.17. The third kappa shape index (κ3) is 3.90. The Balaban J connectivity index is 1.50. The van der Waals surface area contributed by atoms with E-state index in [0.717, 1.165) is 5.52 Å². The van der Waals surface area contributed by atoms with Gasteiger partial charge in [-0.25, -0.2) is 4.68 Å². The molecule has 37 heavy (non-hydrogen) atoms. The average molecular weight is 514 g/mol. The van der Waals surface area contributed by atoms with Gasteiger partial charge in [0, 0.05) is 0 Å². The molecule has 1 aromatic heterocycles. The maximum absolute atomic E-state index is 14.1. The maximum Gasteiger partial charge on any atom is 0.312 e. The molecule has 4 heterocycles. The van der Waals surface area contributed by atoms with Crippen molar-refractivity contribution in [2.45, 2.75) is 76.9 Å². The summed E-state index contributed by atoms with van der Waals surface area (Å²) in [7, 11) is 0. The van der Waals surface area contributed by atoms with Gasteiger partial charge >= 0.3 is 5.97 Å². The minimum atomic E-state index is -1.18. The molecule has 3 aliphatic rings. The molecular weight excluding hydrogens is 478 g/mol. The number of nitrogens with zero attached hydrogens (tertiary/aromatic N) is 4. The Morgan fingerprint density at radius 1 is 1.30 bits per heavy atom. The predicted octanol–water partition coefficient (Wildman–Crippen LogP) is 1.24. The standard InChI is InChI=1S/C26H35N5O6/c1-5-36-24(35)20-19-23(34)31(16(13-32)12-15(2)3)21(26(19)11-10-25(20,4)37-26)22(33)27-14-30-18-9-7-6-8-17(18)28-29-30/h6-9,15-16,19-21,32H,5,10-14H2,1-4H3,(H,27,33)/t16-,19+,20-,21?,25+,26?/m1/s1. The zero-order valence-electron chi connectivity index (χ0n) is 21.7. The van der Waals surface area contributed by atoms with Crippen LogP contribution in [0, 0.1) is 17.8 Å². The van der Waals surface area contributed by atoms with Crippen molar-refractivity contribution in [3.8, 4) is 0 Å². The number of aromatic nitrogens is 3. The van der Waals surface area contributed by atoms with Crippen LogP contribution in [0.1, 0.15) is 47.0 Å². The number of carbonyl (C=O) groups is 3. The number of aliphatic hydroxyl groups excluding tert-OH is 1. The van der Waals surface area contributed by atoms with Crippen molar-refractivity contribution in [2.24, 2.45) is 17.8 Å². The quantitative estimate of drug-likeness (QED) is 0.478. The molecular formula is C26H35N5O6. The van der Waals surface area contributed by atoms with E-state index < -0.39 is 47.0 Å². The average Bonchev–Trinajstić information content (AvgIpc) is 3.56. The first-order chi connectivity index (χ1) is 17.7. The Morgan fingerprint density at radius 2 is 2.05 bits per heavy atom. The summed E-state index contributed by atoms with van der Waals surface area (Å²) in [5, 5.41) is 21.5. The van der Waals surface area contributed by atoms with Crippen LogP contribution >= 0.6 is 0 Å². The predicted molar refractivity (Wildman–Crippen MR) is 132 cm³/mol. The number of nitrogens with one attached hydrogen (secondary N) is 1. The summed E-state index contributed by atoms with van der Waals surface area (Å²) in [5.74, 6) is -2.73. The number of benzene rings is 1. The Morgan fingerprint density at radius 3 is 2.76 bits per heavy atom. The van der Waals surface area contributed by atoms with Crippen molar-refractivity contribution in [2.75, 3.05) is 13.2 Å². The number of aliphatic hydroxyl groups is 1. The van der Waals surface area contributed by atoms with Crippen molar-refractivity contribution in [1.29, 1.82) is 0 Å². The summed E-state index contributed by atoms with van der Waals surface area (Å²) in [6.07, 6.45) is 1.49. The van der Waals surface area contributed by atoms with E-state index in [2.05, 4.69) is 15.6 Å². The number of amides is 2. The zero-order chi connectivity index (χ0) is 26.5. The zero-order valence-corrected chi connectivity index (χ0v) is 21.7. The molecule has 3 saturated heterocycles. The number of fused-ring (bicyclic) bond motifs is 2. The van der Waals surface area contributed by atoms with Crippen LogP contribution in [0.5, 0.6) is 0 Å². The molecule has 3 fully saturated rings. The summed E-state index contributed by atoms with van der Waals surface area (Å²) in [5.41, 5.74) is -0.610. The van der Waals surface area contributed by atoms with Crippen molar-refractivity contribution in [3.63, 3.8) is 0 Å². The van der Waals surface area contributed by atoms with E-state index >= 15 is 0 Å². The van der Waals surface area contributed by atoms with Gasteiger partial charge in [-0.1, -0.05) is 31.2 Å². The Hall–Kier alpha value is -3.05. The maximum atomic E-state index is 14.1. The second-order valence-corrected chi connectivity index (χ2v) is 11.0. The van der Waals surface area contributed by atoms with E-state index in [-0.39, 0.29) is 31.7 Å². The van der Waals surface area contributed by atoms with E-state index in [4.69, 9.17) is 9.47 Å². The number of esters is 1. The molecule has 0 radical (unpaired) electrons. The number of carbonyl (C=O) groups excluding carboxylic acids is 3. The van der Waals surface area contributed by atoms with Crippen molar-refractivity contribution in [1.82, 2.24) is 25.2 Å². The Labute approximate surface area is 215 Å². The molecule has 1 aromatic carbocycles. The molecule has 3 aliphatic heterocycles. The number of para-hydroxylation sites is 1. The molecule has 2 unspecified atom stereocenters. The van der Waals surface area contributed by atoms with Crippen LogP contribution in [0.3, 0.4) is 0 Å². The highest BCUT2D eigenvalue weighted by molar-refractivity contribution is 5.98. The fraction of sp³-hybridized carbons (Fsp3) is 0.654. The van der Waals surface area contributed by atoms with Gasteiger partial charge < -0.3 is 24.8 Å².